The first kappa shape index (κ1) is 12.6. The molecule has 0 spiro atoms. The van der Waals surface area contributed by atoms with Gasteiger partial charge >= 0.3 is 0 Å². The van der Waals surface area contributed by atoms with Crippen molar-refractivity contribution in [3.63, 3.8) is 0 Å². The molecule has 1 aromatic rings. The predicted molar refractivity (Wildman–Crippen MR) is 73.7 cm³/mol. The van der Waals surface area contributed by atoms with Crippen LogP contribution in [-0.4, -0.2) is 23.0 Å². The van der Waals surface area contributed by atoms with Crippen molar-refractivity contribution in [2.75, 3.05) is 5.32 Å². The number of anilines is 1. The molecule has 0 saturated heterocycles. The third kappa shape index (κ3) is 2.78. The summed E-state index contributed by atoms with van der Waals surface area (Å²) in [5.41, 5.74) is 1.06. The van der Waals surface area contributed by atoms with Gasteiger partial charge in [-0.05, 0) is 37.8 Å². The molecule has 3 rings (SSSR count). The first-order valence-corrected chi connectivity index (χ1v) is 6.98. The highest BCUT2D eigenvalue weighted by Gasteiger charge is 2.31. The number of benzene rings is 1. The molecule has 1 aliphatic heterocycles. The third-order valence-electron chi connectivity index (χ3n) is 3.72. The van der Waals surface area contributed by atoms with Crippen molar-refractivity contribution in [3.8, 4) is 11.5 Å². The molecule has 0 aromatic heterocycles. The maximum atomic E-state index is 9.51. The summed E-state index contributed by atoms with van der Waals surface area (Å²) in [6.45, 7) is 3.81. The molecule has 1 fully saturated rings. The van der Waals surface area contributed by atoms with Crippen LogP contribution in [0.5, 0.6) is 11.5 Å². The minimum absolute atomic E-state index is 0.115. The number of nitrogens with one attached hydrogen (secondary N) is 1. The lowest BCUT2D eigenvalue weighted by Gasteiger charge is -2.27. The van der Waals surface area contributed by atoms with Crippen molar-refractivity contribution in [3.05, 3.63) is 18.2 Å². The molecular weight excluding hydrogens is 242 g/mol. The maximum Gasteiger partial charge on any atom is 0.246 e. The molecule has 0 amide bonds. The average molecular weight is 263 g/mol. The number of hydrogen-bond donors (Lipinski definition) is 2. The van der Waals surface area contributed by atoms with Crippen molar-refractivity contribution in [2.45, 2.75) is 57.5 Å². The van der Waals surface area contributed by atoms with E-state index in [1.165, 1.54) is 0 Å². The van der Waals surface area contributed by atoms with Crippen LogP contribution in [0, 0.1) is 0 Å². The smallest absolute Gasteiger partial charge is 0.246 e. The van der Waals surface area contributed by atoms with Crippen LogP contribution in [0.25, 0.3) is 0 Å². The summed E-state index contributed by atoms with van der Waals surface area (Å²) in [6.07, 6.45) is 3.68. The molecule has 4 nitrogen and oxygen atoms in total. The Kier molecular flexibility index (Phi) is 3.05. The molecular formula is C15H21NO3. The van der Waals surface area contributed by atoms with Gasteiger partial charge in [-0.15, -0.1) is 0 Å². The first-order valence-electron chi connectivity index (χ1n) is 6.98. The van der Waals surface area contributed by atoms with Gasteiger partial charge in [-0.1, -0.05) is 0 Å². The summed E-state index contributed by atoms with van der Waals surface area (Å²) in [6, 6.07) is 6.41. The van der Waals surface area contributed by atoms with Crippen LogP contribution in [-0.2, 0) is 0 Å². The van der Waals surface area contributed by atoms with Crippen molar-refractivity contribution in [1.82, 2.24) is 0 Å². The molecule has 0 radical (unpaired) electrons. The minimum atomic E-state index is -0.574. The van der Waals surface area contributed by atoms with E-state index in [1.54, 1.807) is 0 Å². The normalized spacial score (nSPS) is 28.2. The van der Waals surface area contributed by atoms with E-state index in [2.05, 4.69) is 5.32 Å². The van der Waals surface area contributed by atoms with Crippen LogP contribution in [0.15, 0.2) is 18.2 Å². The van der Waals surface area contributed by atoms with Gasteiger partial charge in [0.1, 0.15) is 0 Å². The van der Waals surface area contributed by atoms with Crippen molar-refractivity contribution < 1.29 is 14.6 Å². The van der Waals surface area contributed by atoms with Gasteiger partial charge in [0.05, 0.1) is 6.10 Å². The number of aliphatic hydroxyl groups is 1. The quantitative estimate of drug-likeness (QED) is 0.861. The van der Waals surface area contributed by atoms with Gasteiger partial charge in [-0.25, -0.2) is 0 Å². The number of ether oxygens (including phenoxy) is 2. The number of fused-ring (bicyclic) bond motifs is 1. The highest BCUT2D eigenvalue weighted by atomic mass is 16.7. The van der Waals surface area contributed by atoms with Crippen molar-refractivity contribution >= 4 is 5.69 Å². The standard InChI is InChI=1S/C15H21NO3/c1-15(2)18-13-8-5-11(9-14(13)19-15)16-10-3-6-12(17)7-4-10/h5,8-10,12,16-17H,3-4,6-7H2,1-2H3. The van der Waals surface area contributed by atoms with Crippen LogP contribution in [0.1, 0.15) is 39.5 Å². The Bertz CT molecular complexity index is 464. The number of rotatable bonds is 2. The Balaban J connectivity index is 1.67. The Labute approximate surface area is 113 Å². The van der Waals surface area contributed by atoms with E-state index in [4.69, 9.17) is 9.47 Å². The summed E-state index contributed by atoms with van der Waals surface area (Å²) in [5, 5.41) is 13.0. The lowest BCUT2D eigenvalue weighted by atomic mass is 9.93. The van der Waals surface area contributed by atoms with Crippen LogP contribution < -0.4 is 14.8 Å². The van der Waals surface area contributed by atoms with Gasteiger partial charge in [-0.2, -0.15) is 0 Å². The molecule has 104 valence electrons. The van der Waals surface area contributed by atoms with Gasteiger partial charge in [0.25, 0.3) is 0 Å². The van der Waals surface area contributed by atoms with Crippen LogP contribution >= 0.6 is 0 Å². The van der Waals surface area contributed by atoms with Crippen LogP contribution in [0.3, 0.4) is 0 Å². The van der Waals surface area contributed by atoms with E-state index < -0.39 is 5.79 Å². The van der Waals surface area contributed by atoms with Crippen molar-refractivity contribution in [1.29, 1.82) is 0 Å². The number of hydrogen-bond acceptors (Lipinski definition) is 4. The van der Waals surface area contributed by atoms with Crippen molar-refractivity contribution in [2.24, 2.45) is 0 Å². The second-order valence-corrected chi connectivity index (χ2v) is 5.92. The fourth-order valence-corrected chi connectivity index (χ4v) is 2.77. The third-order valence-corrected chi connectivity index (χ3v) is 3.72. The Morgan fingerprint density at radius 1 is 1.11 bits per heavy atom. The average Bonchev–Trinajstić information content (AvgIpc) is 2.65. The van der Waals surface area contributed by atoms with Crippen LogP contribution in [0.4, 0.5) is 5.69 Å². The Morgan fingerprint density at radius 3 is 2.53 bits per heavy atom. The summed E-state index contributed by atoms with van der Waals surface area (Å²) in [7, 11) is 0. The number of aliphatic hydroxyl groups excluding tert-OH is 1. The molecule has 1 aliphatic carbocycles. The van der Waals surface area contributed by atoms with Gasteiger partial charge in [-0.3, -0.25) is 0 Å². The highest BCUT2D eigenvalue weighted by molar-refractivity contribution is 5.56. The van der Waals surface area contributed by atoms with Gasteiger partial charge in [0, 0.05) is 31.6 Å². The largest absolute Gasteiger partial charge is 0.449 e. The monoisotopic (exact) mass is 263 g/mol. The fraction of sp³-hybridized carbons (Fsp3) is 0.600. The molecule has 2 N–H and O–H groups in total. The summed E-state index contributed by atoms with van der Waals surface area (Å²) < 4.78 is 11.4. The SMILES string of the molecule is CC1(C)Oc2ccc(NC3CCC(O)CC3)cc2O1. The fourth-order valence-electron chi connectivity index (χ4n) is 2.77. The zero-order valence-electron chi connectivity index (χ0n) is 11.5. The lowest BCUT2D eigenvalue weighted by Crippen LogP contribution is -2.29. The molecule has 4 heteroatoms. The molecule has 0 bridgehead atoms. The molecule has 0 unspecified atom stereocenters. The van der Waals surface area contributed by atoms with Gasteiger partial charge in [0.15, 0.2) is 11.5 Å². The molecule has 0 atom stereocenters. The zero-order valence-corrected chi connectivity index (χ0v) is 11.5. The summed E-state index contributed by atoms with van der Waals surface area (Å²) in [5.74, 6) is 1.02. The van der Waals surface area contributed by atoms with E-state index in [1.807, 2.05) is 32.0 Å². The molecule has 1 saturated carbocycles. The Morgan fingerprint density at radius 2 is 1.79 bits per heavy atom. The van der Waals surface area contributed by atoms with Crippen LogP contribution in [0.2, 0.25) is 0 Å². The summed E-state index contributed by atoms with van der Waals surface area (Å²) >= 11 is 0. The Hall–Kier alpha value is -1.42. The van der Waals surface area contributed by atoms with E-state index >= 15 is 0 Å². The van der Waals surface area contributed by atoms with E-state index in [-0.39, 0.29) is 6.10 Å². The lowest BCUT2D eigenvalue weighted by molar-refractivity contribution is -0.0431. The van der Waals surface area contributed by atoms with Gasteiger partial charge in [0.2, 0.25) is 5.79 Å². The zero-order chi connectivity index (χ0) is 13.5. The first-order chi connectivity index (χ1) is 9.02. The second kappa shape index (κ2) is 4.60. The second-order valence-electron chi connectivity index (χ2n) is 5.92. The predicted octanol–water partition coefficient (Wildman–Crippen LogP) is 2.91. The molecule has 1 heterocycles. The highest BCUT2D eigenvalue weighted by Crippen LogP contribution is 2.41. The molecule has 2 aliphatic rings. The minimum Gasteiger partial charge on any atom is -0.449 e. The topological polar surface area (TPSA) is 50.7 Å². The van der Waals surface area contributed by atoms with E-state index in [0.29, 0.717) is 6.04 Å². The van der Waals surface area contributed by atoms with E-state index in [0.717, 1.165) is 42.9 Å². The molecule has 19 heavy (non-hydrogen) atoms. The summed E-state index contributed by atoms with van der Waals surface area (Å²) in [4.78, 5) is 0. The maximum absolute atomic E-state index is 9.51. The van der Waals surface area contributed by atoms with E-state index in [9.17, 15) is 5.11 Å². The molecule has 1 aromatic carbocycles. The van der Waals surface area contributed by atoms with Gasteiger partial charge < -0.3 is 19.9 Å².